The zero-order valence-electron chi connectivity index (χ0n) is 14.1. The number of fused-ring (bicyclic) bond motifs is 1. The van der Waals surface area contributed by atoms with Gasteiger partial charge in [0.2, 0.25) is 0 Å². The zero-order chi connectivity index (χ0) is 16.8. The van der Waals surface area contributed by atoms with Crippen molar-refractivity contribution < 1.29 is 5.11 Å². The van der Waals surface area contributed by atoms with Crippen LogP contribution in [0.1, 0.15) is 29.3 Å². The van der Waals surface area contributed by atoms with Crippen LogP contribution in [0.5, 0.6) is 0 Å². The molecule has 5 heteroatoms. The molecule has 24 heavy (non-hydrogen) atoms. The molecule has 0 spiro atoms. The smallest absolute Gasteiger partial charge is 0.191 e. The van der Waals surface area contributed by atoms with E-state index in [2.05, 4.69) is 46.1 Å². The molecule has 1 atom stereocenters. The molecule has 0 bridgehead atoms. The van der Waals surface area contributed by atoms with Gasteiger partial charge in [0.1, 0.15) is 5.60 Å². The Bertz CT molecular complexity index is 684. The molecular weight excluding hydrogens is 318 g/mol. The number of aliphatic hydroxyl groups is 1. The Kier molecular flexibility index (Phi) is 5.53. The number of benzene rings is 1. The van der Waals surface area contributed by atoms with Crippen LogP contribution in [-0.4, -0.2) is 30.7 Å². The lowest BCUT2D eigenvalue weighted by Crippen LogP contribution is -2.39. The number of rotatable bonds is 6. The molecule has 1 heterocycles. The molecule has 1 aromatic carbocycles. The van der Waals surface area contributed by atoms with E-state index in [1.165, 1.54) is 10.4 Å². The first-order valence-electron chi connectivity index (χ1n) is 8.56. The number of nitrogens with zero attached hydrogens (tertiary/aromatic N) is 1. The van der Waals surface area contributed by atoms with Crippen LogP contribution in [0.15, 0.2) is 46.8 Å². The third-order valence-electron chi connectivity index (χ3n) is 4.41. The van der Waals surface area contributed by atoms with E-state index in [-0.39, 0.29) is 0 Å². The van der Waals surface area contributed by atoms with E-state index in [0.717, 1.165) is 43.9 Å². The number of thiophene rings is 1. The monoisotopic (exact) mass is 343 g/mol. The Morgan fingerprint density at radius 1 is 1.25 bits per heavy atom. The van der Waals surface area contributed by atoms with Gasteiger partial charge in [-0.3, -0.25) is 0 Å². The highest BCUT2D eigenvalue weighted by atomic mass is 32.1. The summed E-state index contributed by atoms with van der Waals surface area (Å²) in [6.07, 6.45) is 2.64. The molecule has 4 nitrogen and oxygen atoms in total. The van der Waals surface area contributed by atoms with Crippen molar-refractivity contribution in [3.05, 3.63) is 57.8 Å². The van der Waals surface area contributed by atoms with Gasteiger partial charge in [0.25, 0.3) is 0 Å². The number of hydrogen-bond donors (Lipinski definition) is 3. The van der Waals surface area contributed by atoms with Crippen LogP contribution in [0, 0.1) is 0 Å². The van der Waals surface area contributed by atoms with Crippen molar-refractivity contribution >= 4 is 17.3 Å². The van der Waals surface area contributed by atoms with E-state index in [4.69, 9.17) is 0 Å². The zero-order valence-corrected chi connectivity index (χ0v) is 14.9. The minimum atomic E-state index is -0.841. The summed E-state index contributed by atoms with van der Waals surface area (Å²) in [7, 11) is 0. The van der Waals surface area contributed by atoms with Crippen molar-refractivity contribution in [1.82, 2.24) is 10.6 Å². The molecule has 128 valence electrons. The quantitative estimate of drug-likeness (QED) is 0.558. The van der Waals surface area contributed by atoms with Crippen LogP contribution < -0.4 is 10.6 Å². The van der Waals surface area contributed by atoms with E-state index in [9.17, 15) is 5.11 Å². The van der Waals surface area contributed by atoms with E-state index in [1.54, 1.807) is 11.3 Å². The maximum absolute atomic E-state index is 11.0. The third-order valence-corrected chi connectivity index (χ3v) is 5.35. The number of hydrogen-bond acceptors (Lipinski definition) is 3. The fourth-order valence-electron chi connectivity index (χ4n) is 3.14. The Morgan fingerprint density at radius 3 is 2.92 bits per heavy atom. The topological polar surface area (TPSA) is 56.7 Å². The van der Waals surface area contributed by atoms with Gasteiger partial charge in [0, 0.05) is 18.0 Å². The number of aryl methyl sites for hydroxylation is 1. The summed E-state index contributed by atoms with van der Waals surface area (Å²) in [5.74, 6) is 0.770. The molecule has 1 unspecified atom stereocenters. The van der Waals surface area contributed by atoms with Gasteiger partial charge in [0.15, 0.2) is 5.96 Å². The predicted octanol–water partition coefficient (Wildman–Crippen LogP) is 2.68. The van der Waals surface area contributed by atoms with Crippen molar-refractivity contribution in [2.45, 2.75) is 31.8 Å². The second-order valence-corrected chi connectivity index (χ2v) is 7.17. The summed E-state index contributed by atoms with van der Waals surface area (Å²) < 4.78 is 0. The van der Waals surface area contributed by atoms with Gasteiger partial charge in [-0.05, 0) is 48.8 Å². The molecule has 0 saturated carbocycles. The van der Waals surface area contributed by atoms with Gasteiger partial charge < -0.3 is 15.7 Å². The van der Waals surface area contributed by atoms with Gasteiger partial charge in [-0.15, -0.1) is 11.3 Å². The first kappa shape index (κ1) is 17.0. The molecule has 1 aliphatic rings. The molecule has 0 saturated heterocycles. The molecule has 0 aliphatic heterocycles. The van der Waals surface area contributed by atoms with Crippen LogP contribution >= 0.6 is 11.3 Å². The highest BCUT2D eigenvalue weighted by Gasteiger charge is 2.36. The predicted molar refractivity (Wildman–Crippen MR) is 101 cm³/mol. The van der Waals surface area contributed by atoms with Crippen molar-refractivity contribution in [2.24, 2.45) is 4.99 Å². The van der Waals surface area contributed by atoms with E-state index >= 15 is 0 Å². The van der Waals surface area contributed by atoms with Gasteiger partial charge in [0.05, 0.1) is 6.54 Å². The Morgan fingerprint density at radius 2 is 2.12 bits per heavy atom. The standard InChI is InChI=1S/C19H25N3OS/c1-2-20-18(21-12-10-16-7-5-13-24-16)22-14-19(23)11-9-15-6-3-4-8-17(15)19/h3-8,13,23H,2,9-12,14H2,1H3,(H2,20,21,22). The summed E-state index contributed by atoms with van der Waals surface area (Å²) in [6.45, 7) is 4.08. The van der Waals surface area contributed by atoms with Gasteiger partial charge >= 0.3 is 0 Å². The van der Waals surface area contributed by atoms with Crippen molar-refractivity contribution in [3.63, 3.8) is 0 Å². The highest BCUT2D eigenvalue weighted by Crippen LogP contribution is 2.36. The lowest BCUT2D eigenvalue weighted by atomic mass is 9.96. The van der Waals surface area contributed by atoms with Crippen LogP contribution in [0.3, 0.4) is 0 Å². The van der Waals surface area contributed by atoms with Crippen LogP contribution in [0.25, 0.3) is 0 Å². The lowest BCUT2D eigenvalue weighted by molar-refractivity contribution is 0.0485. The minimum Gasteiger partial charge on any atom is -0.383 e. The molecule has 3 rings (SSSR count). The molecule has 3 N–H and O–H groups in total. The maximum Gasteiger partial charge on any atom is 0.191 e. The second-order valence-electron chi connectivity index (χ2n) is 6.14. The largest absolute Gasteiger partial charge is 0.383 e. The summed E-state index contributed by atoms with van der Waals surface area (Å²) in [4.78, 5) is 6.00. The van der Waals surface area contributed by atoms with Gasteiger partial charge in [-0.2, -0.15) is 0 Å². The second kappa shape index (κ2) is 7.81. The van der Waals surface area contributed by atoms with Crippen molar-refractivity contribution in [1.29, 1.82) is 0 Å². The van der Waals surface area contributed by atoms with Gasteiger partial charge in [-0.25, -0.2) is 4.99 Å². The first-order chi connectivity index (χ1) is 11.7. The summed E-state index contributed by atoms with van der Waals surface area (Å²) >= 11 is 1.77. The lowest BCUT2D eigenvalue weighted by Gasteiger charge is -2.22. The molecule has 0 amide bonds. The Hall–Kier alpha value is -1.85. The molecular formula is C19H25N3OS. The van der Waals surface area contributed by atoms with E-state index in [1.807, 2.05) is 18.2 Å². The summed E-state index contributed by atoms with van der Waals surface area (Å²) in [6, 6.07) is 12.4. The fourth-order valence-corrected chi connectivity index (χ4v) is 3.85. The number of guanidine groups is 1. The maximum atomic E-state index is 11.0. The molecule has 1 aromatic heterocycles. The first-order valence-corrected chi connectivity index (χ1v) is 9.44. The molecule has 0 fully saturated rings. The fraction of sp³-hybridized carbons (Fsp3) is 0.421. The average molecular weight is 343 g/mol. The minimum absolute atomic E-state index is 0.387. The van der Waals surface area contributed by atoms with Crippen molar-refractivity contribution in [3.8, 4) is 0 Å². The SMILES string of the molecule is CCNC(=NCC1(O)CCc2ccccc21)NCCc1cccs1. The van der Waals surface area contributed by atoms with E-state index < -0.39 is 5.60 Å². The summed E-state index contributed by atoms with van der Waals surface area (Å²) in [5.41, 5.74) is 1.43. The van der Waals surface area contributed by atoms with E-state index in [0.29, 0.717) is 6.54 Å². The Balaban J connectivity index is 1.61. The average Bonchev–Trinajstić information content (AvgIpc) is 3.22. The normalized spacial score (nSPS) is 20.0. The number of nitrogens with one attached hydrogen (secondary N) is 2. The van der Waals surface area contributed by atoms with Crippen LogP contribution in [0.4, 0.5) is 0 Å². The summed E-state index contributed by atoms with van der Waals surface area (Å²) in [5, 5.41) is 19.7. The highest BCUT2D eigenvalue weighted by molar-refractivity contribution is 7.09. The third kappa shape index (κ3) is 3.97. The van der Waals surface area contributed by atoms with Crippen molar-refractivity contribution in [2.75, 3.05) is 19.6 Å². The van der Waals surface area contributed by atoms with Crippen LogP contribution in [0.2, 0.25) is 0 Å². The van der Waals surface area contributed by atoms with Crippen LogP contribution in [-0.2, 0) is 18.4 Å². The number of aliphatic imine (C=N–C) groups is 1. The Labute approximate surface area is 147 Å². The molecule has 0 radical (unpaired) electrons. The molecule has 2 aromatic rings. The van der Waals surface area contributed by atoms with Gasteiger partial charge in [-0.1, -0.05) is 30.3 Å². The molecule has 1 aliphatic carbocycles.